The van der Waals surface area contributed by atoms with E-state index in [4.69, 9.17) is 27.1 Å². The molecule has 0 aliphatic rings. The lowest BCUT2D eigenvalue weighted by molar-refractivity contribution is 0.293. The maximum atomic E-state index is 14.5. The van der Waals surface area contributed by atoms with Gasteiger partial charge in [-0.1, -0.05) is 54.6 Å². The standard InChI is InChI=1S/C38H40O8P2/c1-25-14-9-20-35(29(25)5)43-47(39,44-36-21-10-15-26(2)30(36)6)41-33-18-13-19-34(24-33)42-48(40,45-37-22-11-16-27(3)31(37)7)46-38-23-12-17-28(4)32(38)8/h9-24H,1-8H3. The number of aryl methyl sites for hydroxylation is 4. The quantitative estimate of drug-likeness (QED) is 0.120. The number of benzene rings is 5. The summed E-state index contributed by atoms with van der Waals surface area (Å²) in [7, 11) is -8.74. The minimum absolute atomic E-state index is 0.0801. The van der Waals surface area contributed by atoms with Gasteiger partial charge in [-0.3, -0.25) is 0 Å². The van der Waals surface area contributed by atoms with Crippen LogP contribution < -0.4 is 27.1 Å². The van der Waals surface area contributed by atoms with Gasteiger partial charge in [-0.2, -0.15) is 9.13 Å². The van der Waals surface area contributed by atoms with E-state index in [1.165, 1.54) is 6.07 Å². The van der Waals surface area contributed by atoms with Gasteiger partial charge in [-0.15, -0.1) is 0 Å². The Kier molecular flexibility index (Phi) is 10.3. The lowest BCUT2D eigenvalue weighted by Gasteiger charge is -2.23. The van der Waals surface area contributed by atoms with E-state index in [0.717, 1.165) is 44.5 Å². The molecule has 0 amide bonds. The summed E-state index contributed by atoms with van der Waals surface area (Å²) in [5.41, 5.74) is 6.95. The molecule has 0 aromatic heterocycles. The highest BCUT2D eigenvalue weighted by Crippen LogP contribution is 2.54. The van der Waals surface area contributed by atoms with Gasteiger partial charge in [0.2, 0.25) is 0 Å². The second kappa shape index (κ2) is 14.2. The van der Waals surface area contributed by atoms with E-state index in [2.05, 4.69) is 0 Å². The van der Waals surface area contributed by atoms with Gasteiger partial charge in [-0.25, -0.2) is 0 Å². The molecule has 250 valence electrons. The molecule has 5 rings (SSSR count). The van der Waals surface area contributed by atoms with Crippen LogP contribution in [0, 0.1) is 55.4 Å². The molecule has 0 saturated heterocycles. The summed E-state index contributed by atoms with van der Waals surface area (Å²) >= 11 is 0. The molecule has 0 aliphatic carbocycles. The summed E-state index contributed by atoms with van der Waals surface area (Å²) in [4.78, 5) is 0. The third-order valence-electron chi connectivity index (χ3n) is 8.30. The first-order chi connectivity index (χ1) is 22.8. The zero-order chi connectivity index (χ0) is 34.6. The fraction of sp³-hybridized carbons (Fsp3) is 0.211. The SMILES string of the molecule is Cc1cccc(OP(=O)(Oc2cccc(OP(=O)(Oc3cccc(C)c3C)Oc3cccc(C)c3C)c2)Oc2cccc(C)c2C)c1C. The van der Waals surface area contributed by atoms with E-state index in [1.54, 1.807) is 66.7 Å². The molecular formula is C38H40O8P2. The third-order valence-corrected chi connectivity index (χ3v) is 10.9. The average Bonchev–Trinajstić information content (AvgIpc) is 3.02. The number of hydrogen-bond donors (Lipinski definition) is 0. The van der Waals surface area contributed by atoms with E-state index < -0.39 is 15.6 Å². The summed E-state index contributed by atoms with van der Waals surface area (Å²) in [5, 5.41) is 0. The van der Waals surface area contributed by atoms with Gasteiger partial charge >= 0.3 is 15.6 Å². The number of rotatable bonds is 12. The predicted molar refractivity (Wildman–Crippen MR) is 189 cm³/mol. The molecule has 48 heavy (non-hydrogen) atoms. The van der Waals surface area contributed by atoms with Crippen molar-refractivity contribution in [3.05, 3.63) is 142 Å². The number of hydrogen-bond acceptors (Lipinski definition) is 8. The molecule has 0 atom stereocenters. The number of phosphoric ester groups is 2. The van der Waals surface area contributed by atoms with Crippen LogP contribution in [0.25, 0.3) is 0 Å². The Morgan fingerprint density at radius 3 is 0.875 bits per heavy atom. The predicted octanol–water partition coefficient (Wildman–Crippen LogP) is 11.4. The normalized spacial score (nSPS) is 11.5. The van der Waals surface area contributed by atoms with Gasteiger partial charge in [0.25, 0.3) is 0 Å². The summed E-state index contributed by atoms with van der Waals surface area (Å²) in [6.45, 7) is 15.2. The molecule has 0 spiro atoms. The van der Waals surface area contributed by atoms with Gasteiger partial charge in [0, 0.05) is 6.07 Å². The Labute approximate surface area is 282 Å². The fourth-order valence-corrected chi connectivity index (χ4v) is 7.45. The molecular weight excluding hydrogens is 646 g/mol. The van der Waals surface area contributed by atoms with E-state index in [9.17, 15) is 9.13 Å². The van der Waals surface area contributed by atoms with Crippen LogP contribution in [0.15, 0.2) is 97.1 Å². The second-order valence-corrected chi connectivity index (χ2v) is 14.6. The van der Waals surface area contributed by atoms with Gasteiger partial charge in [0.05, 0.1) is 0 Å². The van der Waals surface area contributed by atoms with Crippen LogP contribution >= 0.6 is 15.6 Å². The minimum atomic E-state index is -4.37. The highest BCUT2D eigenvalue weighted by Gasteiger charge is 2.37. The molecule has 8 nitrogen and oxygen atoms in total. The van der Waals surface area contributed by atoms with E-state index in [0.29, 0.717) is 23.0 Å². The molecule has 0 saturated carbocycles. The molecule has 0 aliphatic heterocycles. The first-order valence-electron chi connectivity index (χ1n) is 15.5. The Morgan fingerprint density at radius 1 is 0.354 bits per heavy atom. The Hall–Kier alpha value is -4.64. The van der Waals surface area contributed by atoms with Crippen molar-refractivity contribution < 1.29 is 36.3 Å². The van der Waals surface area contributed by atoms with Crippen LogP contribution in [0.3, 0.4) is 0 Å². The average molecular weight is 687 g/mol. The fourth-order valence-electron chi connectivity index (χ4n) is 4.73. The molecule has 0 fully saturated rings. The summed E-state index contributed by atoms with van der Waals surface area (Å²) < 4.78 is 65.1. The maximum Gasteiger partial charge on any atom is 0.647 e. The van der Waals surface area contributed by atoms with Gasteiger partial charge < -0.3 is 27.1 Å². The highest BCUT2D eigenvalue weighted by molar-refractivity contribution is 7.50. The van der Waals surface area contributed by atoms with Crippen molar-refractivity contribution >= 4 is 15.6 Å². The van der Waals surface area contributed by atoms with Crippen molar-refractivity contribution in [2.45, 2.75) is 55.4 Å². The van der Waals surface area contributed by atoms with Crippen molar-refractivity contribution in [3.8, 4) is 34.5 Å². The zero-order valence-electron chi connectivity index (χ0n) is 28.4. The summed E-state index contributed by atoms with van der Waals surface area (Å²) in [6, 6.07) is 27.9. The summed E-state index contributed by atoms with van der Waals surface area (Å²) in [6.07, 6.45) is 0. The van der Waals surface area contributed by atoms with Gasteiger partial charge in [-0.05, 0) is 136 Å². The number of phosphoric acid groups is 2. The van der Waals surface area contributed by atoms with Crippen LogP contribution in [0.4, 0.5) is 0 Å². The maximum absolute atomic E-state index is 14.5. The first kappa shape index (κ1) is 34.7. The first-order valence-corrected chi connectivity index (χ1v) is 18.4. The van der Waals surface area contributed by atoms with Crippen molar-refractivity contribution in [1.29, 1.82) is 0 Å². The Bertz CT molecular complexity index is 1800. The van der Waals surface area contributed by atoms with Crippen molar-refractivity contribution in [2.24, 2.45) is 0 Å². The third kappa shape index (κ3) is 8.07. The lowest BCUT2D eigenvalue weighted by Crippen LogP contribution is -2.10. The van der Waals surface area contributed by atoms with E-state index >= 15 is 0 Å². The van der Waals surface area contributed by atoms with Crippen molar-refractivity contribution in [3.63, 3.8) is 0 Å². The molecule has 0 heterocycles. The van der Waals surface area contributed by atoms with Crippen LogP contribution in [-0.4, -0.2) is 0 Å². The molecule has 5 aromatic rings. The molecule has 5 aromatic carbocycles. The van der Waals surface area contributed by atoms with Crippen LogP contribution in [0.2, 0.25) is 0 Å². The van der Waals surface area contributed by atoms with E-state index in [1.807, 2.05) is 79.7 Å². The highest BCUT2D eigenvalue weighted by atomic mass is 31.2. The second-order valence-electron chi connectivity index (χ2n) is 11.7. The molecule has 10 heteroatoms. The summed E-state index contributed by atoms with van der Waals surface area (Å²) in [5.74, 6) is 1.57. The molecule has 0 unspecified atom stereocenters. The van der Waals surface area contributed by atoms with Gasteiger partial charge in [0.15, 0.2) is 0 Å². The monoisotopic (exact) mass is 686 g/mol. The van der Waals surface area contributed by atoms with Gasteiger partial charge in [0.1, 0.15) is 34.5 Å². The van der Waals surface area contributed by atoms with Crippen LogP contribution in [-0.2, 0) is 9.13 Å². The molecule has 0 bridgehead atoms. The van der Waals surface area contributed by atoms with Crippen LogP contribution in [0.1, 0.15) is 44.5 Å². The van der Waals surface area contributed by atoms with Crippen LogP contribution in [0.5, 0.6) is 34.5 Å². The van der Waals surface area contributed by atoms with Crippen molar-refractivity contribution in [2.75, 3.05) is 0 Å². The van der Waals surface area contributed by atoms with Crippen molar-refractivity contribution in [1.82, 2.24) is 0 Å². The topological polar surface area (TPSA) is 89.5 Å². The molecule has 0 radical (unpaired) electrons. The lowest BCUT2D eigenvalue weighted by atomic mass is 10.1. The smallest absolute Gasteiger partial charge is 0.386 e. The zero-order valence-corrected chi connectivity index (χ0v) is 30.2. The van der Waals surface area contributed by atoms with E-state index in [-0.39, 0.29) is 11.5 Å². The minimum Gasteiger partial charge on any atom is -0.386 e. The largest absolute Gasteiger partial charge is 0.647 e. The Morgan fingerprint density at radius 2 is 0.604 bits per heavy atom. The Balaban J connectivity index is 1.50. The molecule has 0 N–H and O–H groups in total.